The molecule has 0 radical (unpaired) electrons. The van der Waals surface area contributed by atoms with E-state index in [4.69, 9.17) is 0 Å². The Morgan fingerprint density at radius 1 is 1.25 bits per heavy atom. The van der Waals surface area contributed by atoms with Gasteiger partial charge in [-0.05, 0) is 29.7 Å². The van der Waals surface area contributed by atoms with E-state index in [9.17, 15) is 5.11 Å². The Morgan fingerprint density at radius 2 is 1.94 bits per heavy atom. The second-order valence-electron chi connectivity index (χ2n) is 5.28. The lowest BCUT2D eigenvalue weighted by Gasteiger charge is -2.30. The number of hydrogen-bond donors (Lipinski definition) is 2. The molecule has 1 aromatic carbocycles. The Labute approximate surface area is 97.1 Å². The molecule has 1 aromatic rings. The highest BCUT2D eigenvalue weighted by Gasteiger charge is 2.24. The Bertz CT molecular complexity index is 345. The van der Waals surface area contributed by atoms with E-state index in [-0.39, 0.29) is 5.41 Å². The monoisotopic (exact) mass is 220 g/mol. The van der Waals surface area contributed by atoms with Crippen LogP contribution in [0.1, 0.15) is 13.8 Å². The van der Waals surface area contributed by atoms with Gasteiger partial charge in [0, 0.05) is 31.9 Å². The van der Waals surface area contributed by atoms with Gasteiger partial charge < -0.3 is 15.3 Å². The van der Waals surface area contributed by atoms with Crippen molar-refractivity contribution in [3.05, 3.63) is 24.3 Å². The summed E-state index contributed by atoms with van der Waals surface area (Å²) in [5.74, 6) is 0.330. The molecule has 0 aromatic heterocycles. The van der Waals surface area contributed by atoms with Crippen molar-refractivity contribution in [2.45, 2.75) is 13.8 Å². The van der Waals surface area contributed by atoms with Crippen LogP contribution in [0.25, 0.3) is 0 Å². The van der Waals surface area contributed by atoms with E-state index >= 15 is 0 Å². The van der Waals surface area contributed by atoms with Crippen LogP contribution in [0.3, 0.4) is 0 Å². The Balaban J connectivity index is 2.16. The molecule has 1 fully saturated rings. The van der Waals surface area contributed by atoms with Crippen LogP contribution in [-0.2, 0) is 0 Å². The summed E-state index contributed by atoms with van der Waals surface area (Å²) in [7, 11) is 0. The van der Waals surface area contributed by atoms with Gasteiger partial charge in [-0.2, -0.15) is 0 Å². The smallest absolute Gasteiger partial charge is 0.115 e. The molecule has 1 saturated heterocycles. The normalized spacial score (nSPS) is 20.5. The first kappa shape index (κ1) is 11.3. The van der Waals surface area contributed by atoms with Gasteiger partial charge in [-0.1, -0.05) is 13.8 Å². The maximum atomic E-state index is 9.28. The molecule has 1 aliphatic heterocycles. The van der Waals surface area contributed by atoms with Crippen LogP contribution in [0.2, 0.25) is 0 Å². The van der Waals surface area contributed by atoms with E-state index in [0.29, 0.717) is 5.75 Å². The molecular formula is C13H20N2O. The van der Waals surface area contributed by atoms with Gasteiger partial charge in [-0.3, -0.25) is 0 Å². The third-order valence-electron chi connectivity index (χ3n) is 3.00. The van der Waals surface area contributed by atoms with Crippen molar-refractivity contribution in [3.63, 3.8) is 0 Å². The van der Waals surface area contributed by atoms with Gasteiger partial charge in [0.25, 0.3) is 0 Å². The van der Waals surface area contributed by atoms with E-state index in [2.05, 4.69) is 24.1 Å². The number of rotatable bonds is 1. The predicted octanol–water partition coefficient (Wildman–Crippen LogP) is 1.83. The molecule has 2 rings (SSSR count). The summed E-state index contributed by atoms with van der Waals surface area (Å²) in [6, 6.07) is 7.47. The SMILES string of the molecule is CC1(C)CNCCN(c2ccc(O)cc2)C1. The zero-order valence-electron chi connectivity index (χ0n) is 10.0. The summed E-state index contributed by atoms with van der Waals surface area (Å²) in [6.45, 7) is 8.70. The summed E-state index contributed by atoms with van der Waals surface area (Å²) in [6.07, 6.45) is 0. The largest absolute Gasteiger partial charge is 0.508 e. The zero-order valence-corrected chi connectivity index (χ0v) is 10.0. The van der Waals surface area contributed by atoms with Gasteiger partial charge >= 0.3 is 0 Å². The van der Waals surface area contributed by atoms with E-state index in [1.54, 1.807) is 12.1 Å². The van der Waals surface area contributed by atoms with Gasteiger partial charge in [0.15, 0.2) is 0 Å². The van der Waals surface area contributed by atoms with Crippen molar-refractivity contribution in [3.8, 4) is 5.75 Å². The van der Waals surface area contributed by atoms with Crippen LogP contribution in [0.4, 0.5) is 5.69 Å². The number of hydrogen-bond acceptors (Lipinski definition) is 3. The molecule has 16 heavy (non-hydrogen) atoms. The highest BCUT2D eigenvalue weighted by atomic mass is 16.3. The highest BCUT2D eigenvalue weighted by Crippen LogP contribution is 2.24. The molecule has 2 N–H and O–H groups in total. The summed E-state index contributed by atoms with van der Waals surface area (Å²) >= 11 is 0. The summed E-state index contributed by atoms with van der Waals surface area (Å²) in [4.78, 5) is 2.37. The van der Waals surface area contributed by atoms with Gasteiger partial charge in [0.1, 0.15) is 5.75 Å². The molecule has 88 valence electrons. The van der Waals surface area contributed by atoms with E-state index in [0.717, 1.165) is 26.2 Å². The molecule has 1 aliphatic rings. The minimum atomic E-state index is 0.286. The van der Waals surface area contributed by atoms with Gasteiger partial charge in [-0.25, -0.2) is 0 Å². The van der Waals surface area contributed by atoms with Crippen LogP contribution < -0.4 is 10.2 Å². The van der Waals surface area contributed by atoms with Crippen molar-refractivity contribution in [1.29, 1.82) is 0 Å². The molecule has 0 bridgehead atoms. The lowest BCUT2D eigenvalue weighted by atomic mass is 9.93. The average Bonchev–Trinajstić information content (AvgIpc) is 2.40. The van der Waals surface area contributed by atoms with E-state index in [1.807, 2.05) is 12.1 Å². The van der Waals surface area contributed by atoms with Crippen LogP contribution >= 0.6 is 0 Å². The van der Waals surface area contributed by atoms with Crippen molar-refractivity contribution < 1.29 is 5.11 Å². The van der Waals surface area contributed by atoms with Crippen LogP contribution in [0, 0.1) is 5.41 Å². The van der Waals surface area contributed by atoms with Crippen LogP contribution in [-0.4, -0.2) is 31.3 Å². The number of anilines is 1. The minimum Gasteiger partial charge on any atom is -0.508 e. The first-order chi connectivity index (χ1) is 7.57. The standard InChI is InChI=1S/C13H20N2O/c1-13(2)9-14-7-8-15(10-13)11-3-5-12(16)6-4-11/h3-6,14,16H,7-10H2,1-2H3. The van der Waals surface area contributed by atoms with Gasteiger partial charge in [0.05, 0.1) is 0 Å². The molecule has 0 unspecified atom stereocenters. The number of aromatic hydroxyl groups is 1. The van der Waals surface area contributed by atoms with Gasteiger partial charge in [0.2, 0.25) is 0 Å². The third kappa shape index (κ3) is 2.67. The molecular weight excluding hydrogens is 200 g/mol. The van der Waals surface area contributed by atoms with Gasteiger partial charge in [-0.15, -0.1) is 0 Å². The van der Waals surface area contributed by atoms with Crippen molar-refractivity contribution in [2.24, 2.45) is 5.41 Å². The zero-order chi connectivity index (χ0) is 11.6. The fraction of sp³-hybridized carbons (Fsp3) is 0.538. The second-order valence-corrected chi connectivity index (χ2v) is 5.28. The minimum absolute atomic E-state index is 0.286. The quantitative estimate of drug-likeness (QED) is 0.758. The van der Waals surface area contributed by atoms with E-state index in [1.165, 1.54) is 5.69 Å². The maximum absolute atomic E-state index is 9.28. The molecule has 3 heteroatoms. The lowest BCUT2D eigenvalue weighted by molar-refractivity contribution is 0.370. The molecule has 3 nitrogen and oxygen atoms in total. The summed E-state index contributed by atoms with van der Waals surface area (Å²) in [5, 5.41) is 12.7. The third-order valence-corrected chi connectivity index (χ3v) is 3.00. The first-order valence-corrected chi connectivity index (χ1v) is 5.82. The molecule has 0 amide bonds. The molecule has 0 spiro atoms. The number of nitrogens with one attached hydrogen (secondary N) is 1. The van der Waals surface area contributed by atoms with Crippen LogP contribution in [0.5, 0.6) is 5.75 Å². The Kier molecular flexibility index (Phi) is 3.06. The Morgan fingerprint density at radius 3 is 2.62 bits per heavy atom. The molecule has 0 atom stereocenters. The van der Waals surface area contributed by atoms with Crippen LogP contribution in [0.15, 0.2) is 24.3 Å². The maximum Gasteiger partial charge on any atom is 0.115 e. The average molecular weight is 220 g/mol. The van der Waals surface area contributed by atoms with E-state index < -0.39 is 0 Å². The second kappa shape index (κ2) is 4.34. The molecule has 0 saturated carbocycles. The molecule has 0 aliphatic carbocycles. The lowest BCUT2D eigenvalue weighted by Crippen LogP contribution is -2.35. The number of nitrogens with zero attached hydrogens (tertiary/aromatic N) is 1. The molecule has 1 heterocycles. The number of phenolic OH excluding ortho intramolecular Hbond substituents is 1. The fourth-order valence-corrected chi connectivity index (χ4v) is 2.18. The number of benzene rings is 1. The Hall–Kier alpha value is -1.22. The van der Waals surface area contributed by atoms with Crippen molar-refractivity contribution in [2.75, 3.05) is 31.1 Å². The van der Waals surface area contributed by atoms with Crippen molar-refractivity contribution in [1.82, 2.24) is 5.32 Å². The fourth-order valence-electron chi connectivity index (χ4n) is 2.18. The predicted molar refractivity (Wildman–Crippen MR) is 67.0 cm³/mol. The highest BCUT2D eigenvalue weighted by molar-refractivity contribution is 5.49. The summed E-state index contributed by atoms with van der Waals surface area (Å²) < 4.78 is 0. The first-order valence-electron chi connectivity index (χ1n) is 5.82. The topological polar surface area (TPSA) is 35.5 Å². The van der Waals surface area contributed by atoms with Crippen molar-refractivity contribution >= 4 is 5.69 Å². The number of phenols is 1. The summed E-state index contributed by atoms with van der Waals surface area (Å²) in [5.41, 5.74) is 1.48.